The Morgan fingerprint density at radius 2 is 1.37 bits per heavy atom. The molecule has 0 radical (unpaired) electrons. The van der Waals surface area contributed by atoms with Crippen LogP contribution in [0.25, 0.3) is 0 Å². The lowest BCUT2D eigenvalue weighted by Gasteiger charge is -2.42. The molecule has 3 fully saturated rings. The molecule has 0 spiro atoms. The van der Waals surface area contributed by atoms with E-state index in [1.54, 1.807) is 5.48 Å². The fourth-order valence-corrected chi connectivity index (χ4v) is 7.57. The van der Waals surface area contributed by atoms with Gasteiger partial charge in [0.2, 0.25) is 10.0 Å². The number of para-hydroxylation sites is 2. The summed E-state index contributed by atoms with van der Waals surface area (Å²) in [6.45, 7) is 10.8. The summed E-state index contributed by atoms with van der Waals surface area (Å²) in [5.74, 6) is -0.808. The van der Waals surface area contributed by atoms with Crippen LogP contribution in [0.2, 0.25) is 0 Å². The smallest absolute Gasteiger partial charge is 0.250 e. The van der Waals surface area contributed by atoms with Gasteiger partial charge in [0.25, 0.3) is 5.91 Å². The van der Waals surface area contributed by atoms with E-state index in [2.05, 4.69) is 52.4 Å². The lowest BCUT2D eigenvalue weighted by molar-refractivity contribution is -0.143. The van der Waals surface area contributed by atoms with Gasteiger partial charge in [0.1, 0.15) is 0 Å². The molecule has 3 aliphatic rings. The van der Waals surface area contributed by atoms with Crippen LogP contribution in [0.1, 0.15) is 30.4 Å². The highest BCUT2D eigenvalue weighted by molar-refractivity contribution is 7.89. The number of hydroxylamine groups is 1. The SMILES string of the molecule is Cc1ccccc1N1CCN(S(=O)(=O)CC2(C(=O)NO)CCC2)CC1.Cc1ccccc1N1CCNCC1. The summed E-state index contributed by atoms with van der Waals surface area (Å²) in [7, 11) is -3.54. The zero-order valence-electron chi connectivity index (χ0n) is 22.5. The Morgan fingerprint density at radius 1 is 0.868 bits per heavy atom. The van der Waals surface area contributed by atoms with Gasteiger partial charge in [-0.1, -0.05) is 42.8 Å². The molecular weight excluding hydrogens is 502 g/mol. The molecule has 2 heterocycles. The maximum atomic E-state index is 12.8. The topological polar surface area (TPSA) is 105 Å². The van der Waals surface area contributed by atoms with Crippen LogP contribution in [0, 0.1) is 19.3 Å². The first-order valence-electron chi connectivity index (χ1n) is 13.5. The second-order valence-corrected chi connectivity index (χ2v) is 12.5. The molecule has 9 nitrogen and oxygen atoms in total. The molecule has 1 aliphatic carbocycles. The predicted molar refractivity (Wildman–Crippen MR) is 151 cm³/mol. The molecule has 0 atom stereocenters. The number of benzene rings is 2. The lowest BCUT2D eigenvalue weighted by atomic mass is 9.70. The van der Waals surface area contributed by atoms with E-state index >= 15 is 0 Å². The van der Waals surface area contributed by atoms with E-state index in [0.29, 0.717) is 39.0 Å². The molecule has 0 unspecified atom stereocenters. The van der Waals surface area contributed by atoms with Gasteiger partial charge in [0.05, 0.1) is 11.2 Å². The first-order valence-corrected chi connectivity index (χ1v) is 15.1. The van der Waals surface area contributed by atoms with Crippen LogP contribution in [0.15, 0.2) is 48.5 Å². The molecular formula is C28H41N5O4S. The quantitative estimate of drug-likeness (QED) is 0.380. The van der Waals surface area contributed by atoms with Gasteiger partial charge in [-0.05, 0) is 49.9 Å². The number of aryl methyl sites for hydroxylation is 2. The minimum absolute atomic E-state index is 0.225. The maximum Gasteiger partial charge on any atom is 0.250 e. The first-order chi connectivity index (χ1) is 18.3. The highest BCUT2D eigenvalue weighted by atomic mass is 32.2. The van der Waals surface area contributed by atoms with Crippen molar-refractivity contribution in [2.75, 3.05) is 67.9 Å². The Hall–Kier alpha value is -2.66. The van der Waals surface area contributed by atoms with Crippen LogP contribution in [0.4, 0.5) is 11.4 Å². The fraction of sp³-hybridized carbons (Fsp3) is 0.536. The molecule has 10 heteroatoms. The number of nitrogens with zero attached hydrogens (tertiary/aromatic N) is 3. The Kier molecular flexibility index (Phi) is 9.30. The minimum Gasteiger partial charge on any atom is -0.369 e. The average molecular weight is 544 g/mol. The Balaban J connectivity index is 0.000000216. The molecule has 1 amide bonds. The summed E-state index contributed by atoms with van der Waals surface area (Å²) in [6.07, 6.45) is 1.81. The van der Waals surface area contributed by atoms with E-state index in [0.717, 1.165) is 38.3 Å². The largest absolute Gasteiger partial charge is 0.369 e. The summed E-state index contributed by atoms with van der Waals surface area (Å²) < 4.78 is 27.0. The van der Waals surface area contributed by atoms with Gasteiger partial charge >= 0.3 is 0 Å². The first kappa shape index (κ1) is 28.4. The van der Waals surface area contributed by atoms with Crippen molar-refractivity contribution in [1.29, 1.82) is 0 Å². The van der Waals surface area contributed by atoms with Crippen LogP contribution in [0.3, 0.4) is 0 Å². The average Bonchev–Trinajstić information content (AvgIpc) is 2.92. The van der Waals surface area contributed by atoms with Gasteiger partial charge in [-0.2, -0.15) is 4.31 Å². The molecule has 208 valence electrons. The van der Waals surface area contributed by atoms with E-state index < -0.39 is 21.3 Å². The van der Waals surface area contributed by atoms with Crippen LogP contribution < -0.4 is 20.6 Å². The normalized spacial score (nSPS) is 19.7. The van der Waals surface area contributed by atoms with Crippen molar-refractivity contribution >= 4 is 27.3 Å². The summed E-state index contributed by atoms with van der Waals surface area (Å²) >= 11 is 0. The highest BCUT2D eigenvalue weighted by Crippen LogP contribution is 2.42. The fourth-order valence-electron chi connectivity index (χ4n) is 5.55. The molecule has 2 aromatic rings. The molecule has 0 bridgehead atoms. The molecule has 0 aromatic heterocycles. The standard InChI is InChI=1S/C17H25N3O4S.C11H16N2/c1-14-5-2-3-6-15(14)19-9-11-20(12-10-19)25(23,24)13-17(7-4-8-17)16(21)18-22;1-10-4-2-3-5-11(10)13-8-6-12-7-9-13/h2-3,5-6,22H,4,7-13H2,1H3,(H,18,21);2-5,12H,6-9H2,1H3. The predicted octanol–water partition coefficient (Wildman–Crippen LogP) is 2.53. The molecule has 3 N–H and O–H groups in total. The minimum atomic E-state index is -3.54. The van der Waals surface area contributed by atoms with Crippen molar-refractivity contribution < 1.29 is 18.4 Å². The van der Waals surface area contributed by atoms with E-state index in [1.165, 1.54) is 21.1 Å². The third-order valence-electron chi connectivity index (χ3n) is 8.01. The van der Waals surface area contributed by atoms with Gasteiger partial charge < -0.3 is 15.1 Å². The third kappa shape index (κ3) is 6.48. The molecule has 38 heavy (non-hydrogen) atoms. The second kappa shape index (κ2) is 12.5. The van der Waals surface area contributed by atoms with Crippen LogP contribution >= 0.6 is 0 Å². The van der Waals surface area contributed by atoms with Crippen LogP contribution in [0.5, 0.6) is 0 Å². The number of rotatable bonds is 6. The van der Waals surface area contributed by atoms with Crippen molar-refractivity contribution in [3.05, 3.63) is 59.7 Å². The number of hydrogen-bond donors (Lipinski definition) is 3. The van der Waals surface area contributed by atoms with Crippen molar-refractivity contribution in [1.82, 2.24) is 15.1 Å². The molecule has 2 saturated heterocycles. The Labute approximate surface area is 226 Å². The summed E-state index contributed by atoms with van der Waals surface area (Å²) in [5, 5.41) is 12.3. The number of nitrogens with one attached hydrogen (secondary N) is 2. The Bertz CT molecular complexity index is 1190. The second-order valence-electron chi connectivity index (χ2n) is 10.5. The van der Waals surface area contributed by atoms with E-state index in [4.69, 9.17) is 5.21 Å². The number of hydrogen-bond acceptors (Lipinski definition) is 7. The van der Waals surface area contributed by atoms with Crippen molar-refractivity contribution in [2.24, 2.45) is 5.41 Å². The van der Waals surface area contributed by atoms with Crippen LogP contribution in [-0.2, 0) is 14.8 Å². The highest BCUT2D eigenvalue weighted by Gasteiger charge is 2.48. The molecule has 1 saturated carbocycles. The van der Waals surface area contributed by atoms with Gasteiger partial charge in [-0.15, -0.1) is 0 Å². The van der Waals surface area contributed by atoms with E-state index in [1.807, 2.05) is 25.1 Å². The number of carbonyl (C=O) groups excluding carboxylic acids is 1. The van der Waals surface area contributed by atoms with Gasteiger partial charge in [-0.3, -0.25) is 10.0 Å². The van der Waals surface area contributed by atoms with Crippen molar-refractivity contribution in [3.63, 3.8) is 0 Å². The molecule has 2 aromatic carbocycles. The third-order valence-corrected chi connectivity index (χ3v) is 10.1. The maximum absolute atomic E-state index is 12.8. The molecule has 2 aliphatic heterocycles. The van der Waals surface area contributed by atoms with Crippen molar-refractivity contribution in [3.8, 4) is 0 Å². The van der Waals surface area contributed by atoms with Crippen molar-refractivity contribution in [2.45, 2.75) is 33.1 Å². The summed E-state index contributed by atoms with van der Waals surface area (Å²) in [4.78, 5) is 16.5. The summed E-state index contributed by atoms with van der Waals surface area (Å²) in [5.41, 5.74) is 5.75. The monoisotopic (exact) mass is 543 g/mol. The Morgan fingerprint density at radius 3 is 1.82 bits per heavy atom. The number of carbonyl (C=O) groups is 1. The number of piperazine rings is 2. The number of amides is 1. The van der Waals surface area contributed by atoms with Gasteiger partial charge in [0, 0.05) is 63.7 Å². The lowest BCUT2D eigenvalue weighted by Crippen LogP contribution is -2.55. The zero-order valence-corrected chi connectivity index (χ0v) is 23.3. The number of anilines is 2. The van der Waals surface area contributed by atoms with Gasteiger partial charge in [-0.25, -0.2) is 13.9 Å². The van der Waals surface area contributed by atoms with Crippen LogP contribution in [-0.4, -0.2) is 81.9 Å². The summed E-state index contributed by atoms with van der Waals surface area (Å²) in [6, 6.07) is 16.7. The van der Waals surface area contributed by atoms with Gasteiger partial charge in [0.15, 0.2) is 0 Å². The molecule has 5 rings (SSSR count). The van der Waals surface area contributed by atoms with E-state index in [-0.39, 0.29) is 5.75 Å². The number of sulfonamides is 1. The zero-order chi connectivity index (χ0) is 27.2. The van der Waals surface area contributed by atoms with E-state index in [9.17, 15) is 13.2 Å².